The number of methoxy groups -OCH3 is 1. The van der Waals surface area contributed by atoms with Crippen LogP contribution in [-0.2, 0) is 9.53 Å². The largest absolute Gasteiger partial charge is 0.479 e. The van der Waals surface area contributed by atoms with Crippen LogP contribution in [0, 0.1) is 12.3 Å². The molecule has 0 spiro atoms. The number of rotatable bonds is 7. The number of halogens is 2. The van der Waals surface area contributed by atoms with Crippen LogP contribution in [0.25, 0.3) is 6.08 Å². The number of thioether (sulfide) groups is 1. The second-order valence-corrected chi connectivity index (χ2v) is 8.81. The summed E-state index contributed by atoms with van der Waals surface area (Å²) in [5.41, 5.74) is 1.63. The molecule has 2 aromatic rings. The van der Waals surface area contributed by atoms with Crippen LogP contribution in [0.4, 0.5) is 5.69 Å². The maximum Gasteiger partial charge on any atom is 0.266 e. The number of ether oxygens (including phenoxy) is 2. The van der Waals surface area contributed by atoms with E-state index in [1.165, 1.54) is 11.8 Å². The van der Waals surface area contributed by atoms with Gasteiger partial charge in [-0.2, -0.15) is 0 Å². The maximum atomic E-state index is 13.0. The standard InChI is InChI=1S/C22H18Br2N2O3S/c1-3-10-29-20-17(23)12-15(13-18(20)24)14-19-21(27)26(9-11-28-2)22(30-19)25-16-7-5-4-6-8-16/h1,4-8,12-14H,9-11H2,2H3. The third-order valence-electron chi connectivity index (χ3n) is 4.01. The van der Waals surface area contributed by atoms with Gasteiger partial charge < -0.3 is 9.47 Å². The smallest absolute Gasteiger partial charge is 0.266 e. The lowest BCUT2D eigenvalue weighted by molar-refractivity contribution is -0.122. The fourth-order valence-electron chi connectivity index (χ4n) is 2.65. The van der Waals surface area contributed by atoms with Gasteiger partial charge in [-0.25, -0.2) is 4.99 Å². The molecule has 0 bridgehead atoms. The molecule has 1 amide bonds. The average Bonchev–Trinajstić information content (AvgIpc) is 3.01. The minimum atomic E-state index is -0.105. The quantitative estimate of drug-likeness (QED) is 0.339. The summed E-state index contributed by atoms with van der Waals surface area (Å²) in [6.45, 7) is 1.02. The minimum absolute atomic E-state index is 0.105. The third kappa shape index (κ3) is 5.55. The van der Waals surface area contributed by atoms with E-state index in [0.717, 1.165) is 20.2 Å². The van der Waals surface area contributed by atoms with E-state index in [1.807, 2.05) is 48.5 Å². The summed E-state index contributed by atoms with van der Waals surface area (Å²) >= 11 is 8.34. The SMILES string of the molecule is C#CCOc1c(Br)cc(C=C2SC(=Nc3ccccc3)N(CCOC)C2=O)cc1Br. The summed E-state index contributed by atoms with van der Waals surface area (Å²) in [6.07, 6.45) is 7.10. The van der Waals surface area contributed by atoms with Crippen molar-refractivity contribution in [1.29, 1.82) is 0 Å². The number of nitrogens with zero attached hydrogens (tertiary/aromatic N) is 2. The molecule has 0 aliphatic carbocycles. The van der Waals surface area contributed by atoms with Gasteiger partial charge >= 0.3 is 0 Å². The number of amides is 1. The van der Waals surface area contributed by atoms with Crippen LogP contribution < -0.4 is 4.74 Å². The van der Waals surface area contributed by atoms with Crippen LogP contribution in [-0.4, -0.2) is 42.8 Å². The second kappa shape index (κ2) is 10.8. The Morgan fingerprint density at radius 3 is 2.57 bits per heavy atom. The molecule has 0 unspecified atom stereocenters. The van der Waals surface area contributed by atoms with Crippen LogP contribution in [0.5, 0.6) is 5.75 Å². The number of benzene rings is 2. The number of hydrogen-bond acceptors (Lipinski definition) is 5. The van der Waals surface area contributed by atoms with Crippen molar-refractivity contribution >= 4 is 66.5 Å². The van der Waals surface area contributed by atoms with Gasteiger partial charge in [0.15, 0.2) is 5.17 Å². The predicted molar refractivity (Wildman–Crippen MR) is 129 cm³/mol. The first-order valence-corrected chi connectivity index (χ1v) is 11.3. The Bertz CT molecular complexity index is 1010. The van der Waals surface area contributed by atoms with Gasteiger partial charge in [0.05, 0.1) is 32.7 Å². The molecule has 2 aromatic carbocycles. The topological polar surface area (TPSA) is 51.1 Å². The highest BCUT2D eigenvalue weighted by Gasteiger charge is 2.33. The van der Waals surface area contributed by atoms with Gasteiger partial charge in [-0.15, -0.1) is 6.42 Å². The normalized spacial score (nSPS) is 16.3. The highest BCUT2D eigenvalue weighted by molar-refractivity contribution is 9.11. The van der Waals surface area contributed by atoms with E-state index in [9.17, 15) is 4.79 Å². The lowest BCUT2D eigenvalue weighted by Gasteiger charge is -2.14. The van der Waals surface area contributed by atoms with Crippen molar-refractivity contribution in [2.75, 3.05) is 26.9 Å². The lowest BCUT2D eigenvalue weighted by atomic mass is 10.2. The molecule has 1 saturated heterocycles. The fourth-order valence-corrected chi connectivity index (χ4v) is 5.13. The van der Waals surface area contributed by atoms with Gasteiger partial charge in [-0.3, -0.25) is 9.69 Å². The van der Waals surface area contributed by atoms with Crippen molar-refractivity contribution < 1.29 is 14.3 Å². The van der Waals surface area contributed by atoms with Crippen LogP contribution in [0.1, 0.15) is 5.56 Å². The molecule has 5 nitrogen and oxygen atoms in total. The second-order valence-electron chi connectivity index (χ2n) is 6.10. The molecule has 154 valence electrons. The van der Waals surface area contributed by atoms with Crippen LogP contribution >= 0.6 is 43.6 Å². The summed E-state index contributed by atoms with van der Waals surface area (Å²) in [7, 11) is 1.61. The first-order chi connectivity index (χ1) is 14.5. The van der Waals surface area contributed by atoms with Crippen molar-refractivity contribution in [3.05, 3.63) is 61.9 Å². The molecule has 0 radical (unpaired) electrons. The maximum absolute atomic E-state index is 13.0. The Labute approximate surface area is 196 Å². The van der Waals surface area contributed by atoms with Gasteiger partial charge in [-0.1, -0.05) is 24.1 Å². The molecule has 1 aliphatic rings. The minimum Gasteiger partial charge on any atom is -0.479 e. The van der Waals surface area contributed by atoms with Crippen LogP contribution in [0.3, 0.4) is 0 Å². The zero-order chi connectivity index (χ0) is 21.5. The zero-order valence-corrected chi connectivity index (χ0v) is 20.1. The summed E-state index contributed by atoms with van der Waals surface area (Å²) < 4.78 is 12.2. The molecular formula is C22H18Br2N2O3S. The summed E-state index contributed by atoms with van der Waals surface area (Å²) in [5, 5.41) is 0.626. The number of carbonyl (C=O) groups is 1. The van der Waals surface area contributed by atoms with Gasteiger partial charge in [0.1, 0.15) is 12.4 Å². The molecular weight excluding hydrogens is 532 g/mol. The number of terminal acetylenes is 1. The molecule has 30 heavy (non-hydrogen) atoms. The summed E-state index contributed by atoms with van der Waals surface area (Å²) in [6, 6.07) is 13.3. The Balaban J connectivity index is 1.92. The van der Waals surface area contributed by atoms with Crippen molar-refractivity contribution in [3.8, 4) is 18.1 Å². The van der Waals surface area contributed by atoms with Gasteiger partial charge in [0, 0.05) is 7.11 Å². The van der Waals surface area contributed by atoms with Gasteiger partial charge in [-0.05, 0) is 79.5 Å². The highest BCUT2D eigenvalue weighted by Crippen LogP contribution is 2.38. The van der Waals surface area contributed by atoms with Gasteiger partial charge in [0.25, 0.3) is 5.91 Å². The van der Waals surface area contributed by atoms with E-state index in [1.54, 1.807) is 12.0 Å². The molecule has 0 aromatic heterocycles. The van der Waals surface area contributed by atoms with Crippen LogP contribution in [0.2, 0.25) is 0 Å². The van der Waals surface area contributed by atoms with Gasteiger partial charge in [0.2, 0.25) is 0 Å². The number of aliphatic imine (C=N–C) groups is 1. The highest BCUT2D eigenvalue weighted by atomic mass is 79.9. The van der Waals surface area contributed by atoms with E-state index in [-0.39, 0.29) is 12.5 Å². The van der Waals surface area contributed by atoms with Crippen molar-refractivity contribution in [2.45, 2.75) is 0 Å². The first-order valence-electron chi connectivity index (χ1n) is 8.93. The number of hydrogen-bond donors (Lipinski definition) is 0. The predicted octanol–water partition coefficient (Wildman–Crippen LogP) is 5.47. The Morgan fingerprint density at radius 2 is 1.93 bits per heavy atom. The van der Waals surface area contributed by atoms with Crippen molar-refractivity contribution in [3.63, 3.8) is 0 Å². The first kappa shape index (κ1) is 22.6. The summed E-state index contributed by atoms with van der Waals surface area (Å²) in [5.74, 6) is 2.96. The van der Waals surface area contributed by atoms with Crippen molar-refractivity contribution in [1.82, 2.24) is 4.90 Å². The zero-order valence-electron chi connectivity index (χ0n) is 16.1. The number of amidine groups is 1. The Morgan fingerprint density at radius 1 is 1.23 bits per heavy atom. The fraction of sp³-hybridized carbons (Fsp3) is 0.182. The van der Waals surface area contributed by atoms with E-state index in [2.05, 4.69) is 42.8 Å². The Hall–Kier alpha value is -2.05. The van der Waals surface area contributed by atoms with Crippen LogP contribution in [0.15, 0.2) is 61.3 Å². The molecule has 1 fully saturated rings. The van der Waals surface area contributed by atoms with E-state index >= 15 is 0 Å². The third-order valence-corrected chi connectivity index (χ3v) is 6.19. The molecule has 3 rings (SSSR count). The van der Waals surface area contributed by atoms with E-state index in [0.29, 0.717) is 29.0 Å². The summed E-state index contributed by atoms with van der Waals surface area (Å²) in [4.78, 5) is 19.9. The monoisotopic (exact) mass is 548 g/mol. The van der Waals surface area contributed by atoms with E-state index in [4.69, 9.17) is 15.9 Å². The average molecular weight is 550 g/mol. The number of para-hydroxylation sites is 1. The van der Waals surface area contributed by atoms with E-state index < -0.39 is 0 Å². The lowest BCUT2D eigenvalue weighted by Crippen LogP contribution is -2.32. The molecule has 1 heterocycles. The Kier molecular flexibility index (Phi) is 8.16. The molecule has 0 saturated carbocycles. The van der Waals surface area contributed by atoms with Crippen molar-refractivity contribution in [2.24, 2.45) is 4.99 Å². The molecule has 8 heteroatoms. The molecule has 0 N–H and O–H groups in total. The number of carbonyl (C=O) groups excluding carboxylic acids is 1. The molecule has 0 atom stereocenters. The molecule has 1 aliphatic heterocycles.